The molecule has 1 saturated carbocycles. The Morgan fingerprint density at radius 3 is 2.54 bits per heavy atom. The molecule has 0 bridgehead atoms. The second-order valence-electron chi connectivity index (χ2n) is 3.85. The summed E-state index contributed by atoms with van der Waals surface area (Å²) < 4.78 is 0. The van der Waals surface area contributed by atoms with Gasteiger partial charge < -0.3 is 9.74 Å². The van der Waals surface area contributed by atoms with Crippen LogP contribution in [-0.2, 0) is 4.84 Å². The molecule has 1 fully saturated rings. The molecule has 0 spiro atoms. The van der Waals surface area contributed by atoms with Crippen LogP contribution in [0.4, 0.5) is 0 Å². The predicted molar refractivity (Wildman–Crippen MR) is 55.0 cm³/mol. The van der Waals surface area contributed by atoms with Crippen molar-refractivity contribution in [3.8, 4) is 0 Å². The standard InChI is InChI=1S/C10H20N2O/c1-12(2)8-9-13-11-10-6-4-3-5-7-10/h3-9H2,1-2H3. The molecule has 3 nitrogen and oxygen atoms in total. The van der Waals surface area contributed by atoms with Crippen LogP contribution in [0.2, 0.25) is 0 Å². The summed E-state index contributed by atoms with van der Waals surface area (Å²) in [6.07, 6.45) is 6.21. The minimum absolute atomic E-state index is 0.705. The first kappa shape index (κ1) is 10.5. The van der Waals surface area contributed by atoms with Crippen LogP contribution < -0.4 is 0 Å². The van der Waals surface area contributed by atoms with Crippen LogP contribution in [-0.4, -0.2) is 37.9 Å². The molecule has 1 aliphatic rings. The van der Waals surface area contributed by atoms with E-state index < -0.39 is 0 Å². The molecular weight excluding hydrogens is 164 g/mol. The lowest BCUT2D eigenvalue weighted by molar-refractivity contribution is 0.124. The Balaban J connectivity index is 2.08. The van der Waals surface area contributed by atoms with Gasteiger partial charge in [-0.15, -0.1) is 0 Å². The van der Waals surface area contributed by atoms with Gasteiger partial charge in [0.2, 0.25) is 0 Å². The lowest BCUT2D eigenvalue weighted by Crippen LogP contribution is -2.17. The summed E-state index contributed by atoms with van der Waals surface area (Å²) in [5.74, 6) is 0. The fourth-order valence-corrected chi connectivity index (χ4v) is 1.41. The van der Waals surface area contributed by atoms with Crippen LogP contribution in [0.1, 0.15) is 32.1 Å². The monoisotopic (exact) mass is 184 g/mol. The van der Waals surface area contributed by atoms with Crippen molar-refractivity contribution in [2.24, 2.45) is 5.16 Å². The van der Waals surface area contributed by atoms with Gasteiger partial charge in [-0.25, -0.2) is 0 Å². The first-order valence-electron chi connectivity index (χ1n) is 5.11. The first-order chi connectivity index (χ1) is 6.29. The van der Waals surface area contributed by atoms with Crippen molar-refractivity contribution in [2.45, 2.75) is 32.1 Å². The number of hydrogen-bond donors (Lipinski definition) is 0. The maximum absolute atomic E-state index is 5.23. The lowest BCUT2D eigenvalue weighted by Gasteiger charge is -2.12. The Morgan fingerprint density at radius 1 is 1.23 bits per heavy atom. The van der Waals surface area contributed by atoms with Gasteiger partial charge in [0.15, 0.2) is 0 Å². The van der Waals surface area contributed by atoms with Gasteiger partial charge in [-0.1, -0.05) is 11.6 Å². The highest BCUT2D eigenvalue weighted by Crippen LogP contribution is 2.14. The van der Waals surface area contributed by atoms with Crippen LogP contribution >= 0.6 is 0 Å². The summed E-state index contributed by atoms with van der Waals surface area (Å²) in [6.45, 7) is 1.65. The minimum Gasteiger partial charge on any atom is -0.394 e. The largest absolute Gasteiger partial charge is 0.394 e. The van der Waals surface area contributed by atoms with Crippen molar-refractivity contribution in [1.29, 1.82) is 0 Å². The van der Waals surface area contributed by atoms with Gasteiger partial charge in [0.05, 0.1) is 5.71 Å². The molecule has 0 aromatic carbocycles. The van der Waals surface area contributed by atoms with Crippen LogP contribution in [0.25, 0.3) is 0 Å². The molecule has 3 heteroatoms. The zero-order valence-electron chi connectivity index (χ0n) is 8.75. The molecule has 0 aromatic rings. The highest BCUT2D eigenvalue weighted by Gasteiger charge is 2.06. The fourth-order valence-electron chi connectivity index (χ4n) is 1.41. The summed E-state index contributed by atoms with van der Waals surface area (Å²) in [5, 5.41) is 4.15. The summed E-state index contributed by atoms with van der Waals surface area (Å²) >= 11 is 0. The van der Waals surface area contributed by atoms with E-state index >= 15 is 0 Å². The molecule has 0 aliphatic heterocycles. The Kier molecular flexibility index (Phi) is 4.83. The van der Waals surface area contributed by atoms with Crippen molar-refractivity contribution in [3.63, 3.8) is 0 Å². The SMILES string of the molecule is CN(C)CCON=C1CCCCC1. The quantitative estimate of drug-likeness (QED) is 0.492. The Hall–Kier alpha value is -0.570. The van der Waals surface area contributed by atoms with Gasteiger partial charge in [0.1, 0.15) is 6.61 Å². The van der Waals surface area contributed by atoms with Crippen LogP contribution in [0.15, 0.2) is 5.16 Å². The summed E-state index contributed by atoms with van der Waals surface area (Å²) in [4.78, 5) is 7.33. The molecule has 0 aromatic heterocycles. The molecule has 0 N–H and O–H groups in total. The van der Waals surface area contributed by atoms with Crippen molar-refractivity contribution in [2.75, 3.05) is 27.2 Å². The average molecular weight is 184 g/mol. The van der Waals surface area contributed by atoms with Gasteiger partial charge >= 0.3 is 0 Å². The van der Waals surface area contributed by atoms with Gasteiger partial charge in [0, 0.05) is 6.54 Å². The third-order valence-electron chi connectivity index (χ3n) is 2.25. The van der Waals surface area contributed by atoms with Crippen LogP contribution in [0.3, 0.4) is 0 Å². The molecule has 0 radical (unpaired) electrons. The average Bonchev–Trinajstić information content (AvgIpc) is 2.14. The summed E-state index contributed by atoms with van der Waals surface area (Å²) in [7, 11) is 4.08. The van der Waals surface area contributed by atoms with E-state index in [-0.39, 0.29) is 0 Å². The molecule has 13 heavy (non-hydrogen) atoms. The number of rotatable bonds is 4. The molecule has 0 atom stereocenters. The van der Waals surface area contributed by atoms with Crippen molar-refractivity contribution in [3.05, 3.63) is 0 Å². The first-order valence-corrected chi connectivity index (χ1v) is 5.11. The van der Waals surface area contributed by atoms with E-state index in [9.17, 15) is 0 Å². The molecule has 0 amide bonds. The van der Waals surface area contributed by atoms with E-state index in [1.54, 1.807) is 0 Å². The Bertz CT molecular complexity index is 158. The van der Waals surface area contributed by atoms with Gasteiger partial charge in [-0.05, 0) is 39.8 Å². The van der Waals surface area contributed by atoms with Crippen LogP contribution in [0.5, 0.6) is 0 Å². The molecule has 0 saturated heterocycles. The predicted octanol–water partition coefficient (Wildman–Crippen LogP) is 1.88. The van der Waals surface area contributed by atoms with Gasteiger partial charge in [0.25, 0.3) is 0 Å². The lowest BCUT2D eigenvalue weighted by atomic mass is 9.99. The van der Waals surface area contributed by atoms with Crippen molar-refractivity contribution >= 4 is 5.71 Å². The van der Waals surface area contributed by atoms with Gasteiger partial charge in [-0.3, -0.25) is 0 Å². The summed E-state index contributed by atoms with van der Waals surface area (Å²) in [5.41, 5.74) is 1.25. The number of likely N-dealkylation sites (N-methyl/N-ethyl adjacent to an activating group) is 1. The molecule has 0 heterocycles. The Morgan fingerprint density at radius 2 is 1.92 bits per heavy atom. The normalized spacial score (nSPS) is 17.6. The van der Waals surface area contributed by atoms with E-state index in [2.05, 4.69) is 10.1 Å². The zero-order valence-corrected chi connectivity index (χ0v) is 8.75. The third kappa shape index (κ3) is 4.88. The maximum Gasteiger partial charge on any atom is 0.129 e. The van der Waals surface area contributed by atoms with E-state index in [4.69, 9.17) is 4.84 Å². The topological polar surface area (TPSA) is 24.8 Å². The van der Waals surface area contributed by atoms with E-state index in [1.807, 2.05) is 14.1 Å². The maximum atomic E-state index is 5.23. The van der Waals surface area contributed by atoms with Crippen LogP contribution in [0, 0.1) is 0 Å². The fraction of sp³-hybridized carbons (Fsp3) is 0.900. The Labute approximate surface area is 80.7 Å². The highest BCUT2D eigenvalue weighted by molar-refractivity contribution is 5.84. The van der Waals surface area contributed by atoms with E-state index in [0.717, 1.165) is 19.4 Å². The van der Waals surface area contributed by atoms with E-state index in [1.165, 1.54) is 25.0 Å². The molecule has 0 unspecified atom stereocenters. The number of nitrogens with zero attached hydrogens (tertiary/aromatic N) is 2. The number of oxime groups is 1. The summed E-state index contributed by atoms with van der Waals surface area (Å²) in [6, 6.07) is 0. The van der Waals surface area contributed by atoms with Crippen molar-refractivity contribution in [1.82, 2.24) is 4.90 Å². The van der Waals surface area contributed by atoms with Gasteiger partial charge in [-0.2, -0.15) is 0 Å². The third-order valence-corrected chi connectivity index (χ3v) is 2.25. The minimum atomic E-state index is 0.705. The zero-order chi connectivity index (χ0) is 9.52. The number of hydrogen-bond acceptors (Lipinski definition) is 3. The molecule has 1 aliphatic carbocycles. The van der Waals surface area contributed by atoms with E-state index in [0.29, 0.717) is 6.61 Å². The molecule has 76 valence electrons. The smallest absolute Gasteiger partial charge is 0.129 e. The second kappa shape index (κ2) is 5.97. The molecular formula is C10H20N2O. The highest BCUT2D eigenvalue weighted by atomic mass is 16.6. The van der Waals surface area contributed by atoms with Crippen molar-refractivity contribution < 1.29 is 4.84 Å². The second-order valence-corrected chi connectivity index (χ2v) is 3.85. The molecule has 1 rings (SSSR count).